The quantitative estimate of drug-likeness (QED) is 0.634. The van der Waals surface area contributed by atoms with E-state index in [1.807, 2.05) is 18.2 Å². The second-order valence-electron chi connectivity index (χ2n) is 3.52. The lowest BCUT2D eigenvalue weighted by Gasteiger charge is -2.14. The molecule has 2 heterocycles. The largest absolute Gasteiger partial charge is 0.271 e. The van der Waals surface area contributed by atoms with Crippen molar-refractivity contribution in [2.75, 3.05) is 0 Å². The van der Waals surface area contributed by atoms with Crippen LogP contribution in [0.5, 0.6) is 0 Å². The molecule has 2 rings (SSSR count). The second-order valence-corrected chi connectivity index (χ2v) is 6.29. The van der Waals surface area contributed by atoms with Crippen molar-refractivity contribution in [1.29, 1.82) is 0 Å². The van der Waals surface area contributed by atoms with Gasteiger partial charge in [0.15, 0.2) is 0 Å². The van der Waals surface area contributed by atoms with Crippen LogP contribution in [0.2, 0.25) is 0 Å². The van der Waals surface area contributed by atoms with Gasteiger partial charge >= 0.3 is 0 Å². The first-order valence-electron chi connectivity index (χ1n) is 5.00. The summed E-state index contributed by atoms with van der Waals surface area (Å²) >= 11 is 8.60. The van der Waals surface area contributed by atoms with Gasteiger partial charge < -0.3 is 0 Å². The molecule has 1 atom stereocenters. The Morgan fingerprint density at radius 3 is 2.71 bits per heavy atom. The Hall–Kier alpha value is -0.270. The van der Waals surface area contributed by atoms with Gasteiger partial charge in [0.2, 0.25) is 0 Å². The van der Waals surface area contributed by atoms with Crippen molar-refractivity contribution >= 4 is 43.2 Å². The number of halogens is 2. The Balaban J connectivity index is 2.17. The van der Waals surface area contributed by atoms with Gasteiger partial charge in [-0.2, -0.15) is 0 Å². The molecule has 0 aliphatic heterocycles. The number of hydrogen-bond acceptors (Lipinski definition) is 4. The summed E-state index contributed by atoms with van der Waals surface area (Å²) in [5.74, 6) is 5.60. The average molecular weight is 377 g/mol. The molecule has 17 heavy (non-hydrogen) atoms. The summed E-state index contributed by atoms with van der Waals surface area (Å²) in [7, 11) is 0. The highest BCUT2D eigenvalue weighted by molar-refractivity contribution is 9.10. The Bertz CT molecular complexity index is 484. The van der Waals surface area contributed by atoms with Crippen molar-refractivity contribution in [2.45, 2.75) is 12.5 Å². The molecule has 0 aliphatic rings. The molecule has 3 N–H and O–H groups in total. The highest BCUT2D eigenvalue weighted by Crippen LogP contribution is 2.27. The van der Waals surface area contributed by atoms with Gasteiger partial charge in [-0.3, -0.25) is 16.3 Å². The number of nitrogens with one attached hydrogen (secondary N) is 1. The Labute approximate surface area is 121 Å². The fourth-order valence-corrected chi connectivity index (χ4v) is 3.29. The average Bonchev–Trinajstić information content (AvgIpc) is 2.73. The Kier molecular flexibility index (Phi) is 4.69. The van der Waals surface area contributed by atoms with Crippen molar-refractivity contribution in [3.63, 3.8) is 0 Å². The molecule has 1 unspecified atom stereocenters. The number of nitrogens with zero attached hydrogens (tertiary/aromatic N) is 1. The summed E-state index contributed by atoms with van der Waals surface area (Å²) in [6.07, 6.45) is 2.60. The highest BCUT2D eigenvalue weighted by atomic mass is 79.9. The minimum atomic E-state index is 0.0260. The number of rotatable bonds is 4. The van der Waals surface area contributed by atoms with Crippen LogP contribution in [0.3, 0.4) is 0 Å². The number of thiophene rings is 1. The smallest absolute Gasteiger partial charge is 0.0680 e. The Morgan fingerprint density at radius 2 is 2.18 bits per heavy atom. The van der Waals surface area contributed by atoms with E-state index in [4.69, 9.17) is 5.84 Å². The van der Waals surface area contributed by atoms with Crippen molar-refractivity contribution in [1.82, 2.24) is 10.4 Å². The van der Waals surface area contributed by atoms with Crippen LogP contribution in [0.25, 0.3) is 0 Å². The molecule has 90 valence electrons. The predicted molar refractivity (Wildman–Crippen MR) is 77.7 cm³/mol. The Morgan fingerprint density at radius 1 is 1.35 bits per heavy atom. The number of pyridine rings is 1. The van der Waals surface area contributed by atoms with Crippen LogP contribution >= 0.6 is 43.2 Å². The molecule has 0 fully saturated rings. The summed E-state index contributed by atoms with van der Waals surface area (Å²) in [6.45, 7) is 0. The summed E-state index contributed by atoms with van der Waals surface area (Å²) in [4.78, 5) is 5.62. The number of hydrogen-bond donors (Lipinski definition) is 2. The van der Waals surface area contributed by atoms with E-state index in [0.717, 1.165) is 21.1 Å². The fraction of sp³-hybridized carbons (Fsp3) is 0.182. The van der Waals surface area contributed by atoms with Crippen molar-refractivity contribution < 1.29 is 0 Å². The van der Waals surface area contributed by atoms with E-state index in [9.17, 15) is 0 Å². The molecule has 0 saturated heterocycles. The topological polar surface area (TPSA) is 50.9 Å². The van der Waals surface area contributed by atoms with Crippen LogP contribution in [0.1, 0.15) is 16.6 Å². The van der Waals surface area contributed by atoms with Crippen LogP contribution < -0.4 is 11.3 Å². The third kappa shape index (κ3) is 3.35. The monoisotopic (exact) mass is 375 g/mol. The first-order chi connectivity index (χ1) is 8.20. The lowest BCUT2D eigenvalue weighted by Crippen LogP contribution is -2.30. The van der Waals surface area contributed by atoms with E-state index in [1.165, 1.54) is 4.88 Å². The van der Waals surface area contributed by atoms with E-state index >= 15 is 0 Å². The van der Waals surface area contributed by atoms with Crippen molar-refractivity contribution in [3.8, 4) is 0 Å². The zero-order chi connectivity index (χ0) is 12.3. The molecule has 3 nitrogen and oxygen atoms in total. The molecule has 2 aromatic heterocycles. The maximum atomic E-state index is 5.60. The predicted octanol–water partition coefficient (Wildman–Crippen LogP) is 3.42. The van der Waals surface area contributed by atoms with Gasteiger partial charge in [-0.1, -0.05) is 0 Å². The first-order valence-corrected chi connectivity index (χ1v) is 7.46. The molecule has 0 radical (unpaired) electrons. The summed E-state index contributed by atoms with van der Waals surface area (Å²) in [5, 5.41) is 2.06. The zero-order valence-electron chi connectivity index (χ0n) is 8.86. The second kappa shape index (κ2) is 6.06. The maximum absolute atomic E-state index is 5.60. The van der Waals surface area contributed by atoms with Crippen molar-refractivity contribution in [3.05, 3.63) is 49.3 Å². The van der Waals surface area contributed by atoms with Crippen LogP contribution in [0.15, 0.2) is 38.7 Å². The van der Waals surface area contributed by atoms with Gasteiger partial charge in [-0.15, -0.1) is 11.3 Å². The van der Waals surface area contributed by atoms with Gasteiger partial charge in [0.05, 0.1) is 11.7 Å². The summed E-state index contributed by atoms with van der Waals surface area (Å²) in [5.41, 5.74) is 3.75. The molecule has 0 bridgehead atoms. The van der Waals surface area contributed by atoms with Crippen LogP contribution in [-0.2, 0) is 6.42 Å². The SMILES string of the molecule is NNC(Cc1sccc1Br)c1ccc(Br)cn1. The molecule has 0 aliphatic carbocycles. The third-order valence-electron chi connectivity index (χ3n) is 2.39. The lowest BCUT2D eigenvalue weighted by atomic mass is 10.1. The molecular weight excluding hydrogens is 366 g/mol. The number of aromatic nitrogens is 1. The first kappa shape index (κ1) is 13.2. The van der Waals surface area contributed by atoms with Gasteiger partial charge in [0.25, 0.3) is 0 Å². The molecule has 0 aromatic carbocycles. The molecule has 0 spiro atoms. The van der Waals surface area contributed by atoms with Gasteiger partial charge in [0.1, 0.15) is 0 Å². The summed E-state index contributed by atoms with van der Waals surface area (Å²) in [6, 6.07) is 6.01. The van der Waals surface area contributed by atoms with E-state index < -0.39 is 0 Å². The van der Waals surface area contributed by atoms with Crippen LogP contribution in [-0.4, -0.2) is 4.98 Å². The third-order valence-corrected chi connectivity index (χ3v) is 4.81. The molecular formula is C11H11Br2N3S. The minimum Gasteiger partial charge on any atom is -0.271 e. The lowest BCUT2D eigenvalue weighted by molar-refractivity contribution is 0.541. The normalized spacial score (nSPS) is 12.6. The zero-order valence-corrected chi connectivity index (χ0v) is 12.8. The molecule has 0 amide bonds. The van der Waals surface area contributed by atoms with E-state index in [-0.39, 0.29) is 6.04 Å². The van der Waals surface area contributed by atoms with Gasteiger partial charge in [-0.05, 0) is 55.4 Å². The minimum absolute atomic E-state index is 0.0260. The van der Waals surface area contributed by atoms with Gasteiger partial charge in [-0.25, -0.2) is 0 Å². The molecule has 6 heteroatoms. The van der Waals surface area contributed by atoms with E-state index in [0.29, 0.717) is 0 Å². The van der Waals surface area contributed by atoms with Crippen LogP contribution in [0.4, 0.5) is 0 Å². The highest BCUT2D eigenvalue weighted by Gasteiger charge is 2.14. The fourth-order valence-electron chi connectivity index (χ4n) is 1.50. The number of hydrazine groups is 1. The standard InChI is InChI=1S/C11H11Br2N3S/c12-7-1-2-9(15-6-7)10(16-14)5-11-8(13)3-4-17-11/h1-4,6,10,16H,5,14H2. The maximum Gasteiger partial charge on any atom is 0.0680 e. The molecule has 2 aromatic rings. The summed E-state index contributed by atoms with van der Waals surface area (Å²) < 4.78 is 2.09. The van der Waals surface area contributed by atoms with Crippen molar-refractivity contribution in [2.24, 2.45) is 5.84 Å². The van der Waals surface area contributed by atoms with E-state index in [2.05, 4.69) is 47.6 Å². The van der Waals surface area contributed by atoms with Crippen LogP contribution in [0, 0.1) is 0 Å². The van der Waals surface area contributed by atoms with E-state index in [1.54, 1.807) is 17.5 Å². The number of nitrogens with two attached hydrogens (primary N) is 1. The molecule has 0 saturated carbocycles. The van der Waals surface area contributed by atoms with Gasteiger partial charge in [0, 0.05) is 26.4 Å².